The van der Waals surface area contributed by atoms with Gasteiger partial charge in [0, 0.05) is 29.9 Å². The summed E-state index contributed by atoms with van der Waals surface area (Å²) in [5.41, 5.74) is 3.12. The van der Waals surface area contributed by atoms with E-state index in [2.05, 4.69) is 19.2 Å². The third kappa shape index (κ3) is 4.30. The van der Waals surface area contributed by atoms with Gasteiger partial charge in [-0.1, -0.05) is 19.9 Å². The van der Waals surface area contributed by atoms with Crippen molar-refractivity contribution in [2.45, 2.75) is 26.7 Å². The summed E-state index contributed by atoms with van der Waals surface area (Å²) in [5.74, 6) is 1.10. The Hall–Kier alpha value is -2.82. The fourth-order valence-electron chi connectivity index (χ4n) is 3.20. The van der Waals surface area contributed by atoms with Crippen molar-refractivity contribution in [3.8, 4) is 5.75 Å². The van der Waals surface area contributed by atoms with Crippen LogP contribution in [0, 0.1) is 5.92 Å². The largest absolute Gasteiger partial charge is 0.497 e. The number of rotatable bonds is 6. The first-order valence-corrected chi connectivity index (χ1v) is 9.36. The molecule has 1 aliphatic rings. The van der Waals surface area contributed by atoms with E-state index in [0.717, 1.165) is 24.1 Å². The molecule has 27 heavy (non-hydrogen) atoms. The van der Waals surface area contributed by atoms with Crippen molar-refractivity contribution < 1.29 is 14.3 Å². The Balaban J connectivity index is 1.76. The number of anilines is 1. The van der Waals surface area contributed by atoms with Gasteiger partial charge in [0.2, 0.25) is 0 Å². The Labute approximate surface area is 160 Å². The maximum atomic E-state index is 12.9. The molecule has 2 amide bonds. The second kappa shape index (κ2) is 8.25. The number of hydrogen-bond donors (Lipinski definition) is 1. The molecule has 2 aromatic rings. The van der Waals surface area contributed by atoms with Gasteiger partial charge in [0.25, 0.3) is 11.8 Å². The lowest BCUT2D eigenvalue weighted by molar-refractivity contribution is 0.0949. The number of methoxy groups -OCH3 is 1. The van der Waals surface area contributed by atoms with E-state index >= 15 is 0 Å². The number of nitrogens with one attached hydrogen (secondary N) is 1. The number of carbonyl (C=O) groups is 2. The van der Waals surface area contributed by atoms with E-state index in [-0.39, 0.29) is 11.8 Å². The number of nitrogens with zero attached hydrogens (tertiary/aromatic N) is 1. The van der Waals surface area contributed by atoms with Crippen LogP contribution in [0.2, 0.25) is 0 Å². The summed E-state index contributed by atoms with van der Waals surface area (Å²) in [4.78, 5) is 27.1. The fraction of sp³-hybridized carbons (Fsp3) is 0.364. The minimum atomic E-state index is -0.0952. The lowest BCUT2D eigenvalue weighted by atomic mass is 10.1. The summed E-state index contributed by atoms with van der Waals surface area (Å²) < 4.78 is 5.15. The molecule has 0 aliphatic carbocycles. The molecule has 1 aliphatic heterocycles. The molecule has 1 heterocycles. The summed E-state index contributed by atoms with van der Waals surface area (Å²) in [6.07, 6.45) is 1.74. The van der Waals surface area contributed by atoms with E-state index in [1.54, 1.807) is 36.3 Å². The molecule has 0 saturated heterocycles. The van der Waals surface area contributed by atoms with Crippen LogP contribution in [0.4, 0.5) is 5.69 Å². The highest BCUT2D eigenvalue weighted by Crippen LogP contribution is 2.30. The fourth-order valence-corrected chi connectivity index (χ4v) is 3.20. The van der Waals surface area contributed by atoms with Gasteiger partial charge >= 0.3 is 0 Å². The Morgan fingerprint density at radius 3 is 2.48 bits per heavy atom. The molecule has 5 heteroatoms. The molecule has 0 atom stereocenters. The van der Waals surface area contributed by atoms with Crippen LogP contribution < -0.4 is 15.0 Å². The zero-order valence-electron chi connectivity index (χ0n) is 16.1. The van der Waals surface area contributed by atoms with Crippen LogP contribution in [-0.2, 0) is 6.42 Å². The van der Waals surface area contributed by atoms with Crippen molar-refractivity contribution in [2.75, 3.05) is 25.1 Å². The third-order valence-corrected chi connectivity index (χ3v) is 4.83. The molecule has 5 nitrogen and oxygen atoms in total. The molecular weight excluding hydrogens is 340 g/mol. The normalized spacial score (nSPS) is 12.8. The number of amides is 2. The summed E-state index contributed by atoms with van der Waals surface area (Å²) >= 11 is 0. The molecule has 0 aromatic heterocycles. The van der Waals surface area contributed by atoms with Gasteiger partial charge in [0.1, 0.15) is 5.75 Å². The molecule has 0 fully saturated rings. The molecular formula is C22H26N2O3. The van der Waals surface area contributed by atoms with E-state index in [1.807, 2.05) is 18.2 Å². The first-order chi connectivity index (χ1) is 13.0. The first-order valence-electron chi connectivity index (χ1n) is 9.36. The second-order valence-corrected chi connectivity index (χ2v) is 7.22. The van der Waals surface area contributed by atoms with Crippen LogP contribution in [0.15, 0.2) is 42.5 Å². The van der Waals surface area contributed by atoms with Gasteiger partial charge < -0.3 is 15.0 Å². The quantitative estimate of drug-likeness (QED) is 0.848. The zero-order valence-corrected chi connectivity index (χ0v) is 16.1. The van der Waals surface area contributed by atoms with Gasteiger partial charge in [-0.3, -0.25) is 9.59 Å². The molecule has 142 valence electrons. The van der Waals surface area contributed by atoms with Crippen LogP contribution in [0.5, 0.6) is 5.75 Å². The Morgan fingerprint density at radius 1 is 1.11 bits per heavy atom. The number of benzene rings is 2. The van der Waals surface area contributed by atoms with Gasteiger partial charge in [0.15, 0.2) is 0 Å². The monoisotopic (exact) mass is 366 g/mol. The average molecular weight is 366 g/mol. The minimum Gasteiger partial charge on any atom is -0.497 e. The van der Waals surface area contributed by atoms with Crippen molar-refractivity contribution >= 4 is 17.5 Å². The molecule has 3 rings (SSSR count). The van der Waals surface area contributed by atoms with E-state index < -0.39 is 0 Å². The molecule has 0 unspecified atom stereocenters. The van der Waals surface area contributed by atoms with Crippen molar-refractivity contribution in [3.63, 3.8) is 0 Å². The lowest BCUT2D eigenvalue weighted by Gasteiger charge is -2.18. The van der Waals surface area contributed by atoms with Gasteiger partial charge in [0.05, 0.1) is 7.11 Å². The van der Waals surface area contributed by atoms with E-state index in [9.17, 15) is 9.59 Å². The van der Waals surface area contributed by atoms with E-state index in [4.69, 9.17) is 4.74 Å². The lowest BCUT2D eigenvalue weighted by Crippen LogP contribution is -2.29. The SMILES string of the molecule is COc1ccc(C(=O)N2CCc3ccc(C(=O)NCCC(C)C)cc32)cc1. The van der Waals surface area contributed by atoms with Gasteiger partial charge in [-0.05, 0) is 60.7 Å². The summed E-state index contributed by atoms with van der Waals surface area (Å²) in [5, 5.41) is 2.95. The predicted molar refractivity (Wildman–Crippen MR) is 107 cm³/mol. The molecule has 0 saturated carbocycles. The highest BCUT2D eigenvalue weighted by molar-refractivity contribution is 6.08. The van der Waals surface area contributed by atoms with Gasteiger partial charge in [-0.15, -0.1) is 0 Å². The molecule has 1 N–H and O–H groups in total. The summed E-state index contributed by atoms with van der Waals surface area (Å²) in [6.45, 7) is 5.54. The smallest absolute Gasteiger partial charge is 0.258 e. The molecule has 0 radical (unpaired) electrons. The van der Waals surface area contributed by atoms with Gasteiger partial charge in [-0.2, -0.15) is 0 Å². The number of ether oxygens (including phenoxy) is 1. The standard InChI is InChI=1S/C22H26N2O3/c1-15(2)10-12-23-21(25)18-5-4-16-11-13-24(20(16)14-18)22(26)17-6-8-19(27-3)9-7-17/h4-9,14-15H,10-13H2,1-3H3,(H,23,25). The third-order valence-electron chi connectivity index (χ3n) is 4.83. The second-order valence-electron chi connectivity index (χ2n) is 7.22. The van der Waals surface area contributed by atoms with Crippen LogP contribution >= 0.6 is 0 Å². The van der Waals surface area contributed by atoms with Crippen molar-refractivity contribution in [1.29, 1.82) is 0 Å². The average Bonchev–Trinajstić information content (AvgIpc) is 3.10. The number of fused-ring (bicyclic) bond motifs is 1. The number of hydrogen-bond acceptors (Lipinski definition) is 3. The van der Waals surface area contributed by atoms with Crippen molar-refractivity contribution in [1.82, 2.24) is 5.32 Å². The maximum Gasteiger partial charge on any atom is 0.258 e. The highest BCUT2D eigenvalue weighted by atomic mass is 16.5. The van der Waals surface area contributed by atoms with Crippen LogP contribution in [0.25, 0.3) is 0 Å². The van der Waals surface area contributed by atoms with E-state index in [0.29, 0.717) is 35.9 Å². The molecule has 0 bridgehead atoms. The maximum absolute atomic E-state index is 12.9. The minimum absolute atomic E-state index is 0.0613. The Kier molecular flexibility index (Phi) is 5.79. The van der Waals surface area contributed by atoms with Gasteiger partial charge in [-0.25, -0.2) is 0 Å². The van der Waals surface area contributed by atoms with Crippen LogP contribution in [0.1, 0.15) is 46.5 Å². The van der Waals surface area contributed by atoms with Crippen molar-refractivity contribution in [3.05, 3.63) is 59.2 Å². The Bertz CT molecular complexity index is 828. The predicted octanol–water partition coefficient (Wildman–Crippen LogP) is 3.67. The van der Waals surface area contributed by atoms with Crippen LogP contribution in [-0.4, -0.2) is 32.0 Å². The Morgan fingerprint density at radius 2 is 1.81 bits per heavy atom. The summed E-state index contributed by atoms with van der Waals surface area (Å²) in [6, 6.07) is 12.7. The topological polar surface area (TPSA) is 58.6 Å². The van der Waals surface area contributed by atoms with E-state index in [1.165, 1.54) is 0 Å². The highest BCUT2D eigenvalue weighted by Gasteiger charge is 2.26. The first kappa shape index (κ1) is 19.0. The summed E-state index contributed by atoms with van der Waals surface area (Å²) in [7, 11) is 1.60. The zero-order chi connectivity index (χ0) is 19.4. The van der Waals surface area contributed by atoms with Crippen LogP contribution in [0.3, 0.4) is 0 Å². The molecule has 0 spiro atoms. The van der Waals surface area contributed by atoms with Crippen molar-refractivity contribution in [2.24, 2.45) is 5.92 Å². The number of carbonyl (C=O) groups excluding carboxylic acids is 2. The molecule has 2 aromatic carbocycles.